The number of hydrogen-bond acceptors (Lipinski definition) is 5. The minimum absolute atomic E-state index is 0.0367. The summed E-state index contributed by atoms with van der Waals surface area (Å²) < 4.78 is 10.5. The summed E-state index contributed by atoms with van der Waals surface area (Å²) in [5.41, 5.74) is 3.10. The van der Waals surface area contributed by atoms with Crippen LogP contribution in [0.15, 0.2) is 42.0 Å². The summed E-state index contributed by atoms with van der Waals surface area (Å²) >= 11 is 0. The molecule has 0 heterocycles. The quantitative estimate of drug-likeness (QED) is 0.624. The van der Waals surface area contributed by atoms with Crippen LogP contribution in [0.3, 0.4) is 0 Å². The lowest BCUT2D eigenvalue weighted by Gasteiger charge is -2.11. The molecule has 6 heteroatoms. The first-order valence-electron chi connectivity index (χ1n) is 8.17. The van der Waals surface area contributed by atoms with Gasteiger partial charge < -0.3 is 14.8 Å². The monoisotopic (exact) mass is 361 g/mol. The molecular weight excluding hydrogens is 342 g/mol. The molecule has 0 unspecified atom stereocenters. The van der Waals surface area contributed by atoms with Crippen molar-refractivity contribution in [2.45, 2.75) is 13.8 Å². The Morgan fingerprint density at radius 1 is 1.15 bits per heavy atom. The largest absolute Gasteiger partial charge is 0.493 e. The number of para-hydroxylation sites is 1. The summed E-state index contributed by atoms with van der Waals surface area (Å²) in [4.78, 5) is 12.5. The summed E-state index contributed by atoms with van der Waals surface area (Å²) in [6.45, 7) is 3.68. The summed E-state index contributed by atoms with van der Waals surface area (Å²) in [6, 6.07) is 14.4. The Balaban J connectivity index is 2.29. The number of amides is 1. The van der Waals surface area contributed by atoms with Crippen LogP contribution in [0.4, 0.5) is 5.69 Å². The zero-order chi connectivity index (χ0) is 19.8. The molecule has 6 nitrogen and oxygen atoms in total. The number of ether oxygens (including phenoxy) is 2. The molecule has 0 aromatic heterocycles. The van der Waals surface area contributed by atoms with Crippen LogP contribution in [-0.4, -0.2) is 19.6 Å². The van der Waals surface area contributed by atoms with E-state index in [1.54, 1.807) is 18.2 Å². The van der Waals surface area contributed by atoms with Crippen LogP contribution >= 0.6 is 0 Å². The van der Waals surface area contributed by atoms with Crippen molar-refractivity contribution >= 4 is 17.7 Å². The molecule has 2 rings (SSSR count). The molecule has 0 saturated heterocycles. The number of benzene rings is 2. The number of hydrogen-bond donors (Lipinski definition) is 1. The topological polar surface area (TPSA) is 95.1 Å². The molecular formula is C21H19N3O3. The van der Waals surface area contributed by atoms with Crippen molar-refractivity contribution in [3.05, 3.63) is 58.7 Å². The van der Waals surface area contributed by atoms with Gasteiger partial charge in [0.25, 0.3) is 5.91 Å². The van der Waals surface area contributed by atoms with E-state index in [1.165, 1.54) is 13.2 Å². The Kier molecular flexibility index (Phi) is 6.57. The highest BCUT2D eigenvalue weighted by atomic mass is 16.5. The molecule has 0 bridgehead atoms. The maximum atomic E-state index is 12.5. The molecule has 0 radical (unpaired) electrons. The molecule has 0 atom stereocenters. The van der Waals surface area contributed by atoms with Crippen LogP contribution in [0.2, 0.25) is 0 Å². The van der Waals surface area contributed by atoms with Gasteiger partial charge in [-0.15, -0.1) is 0 Å². The zero-order valence-corrected chi connectivity index (χ0v) is 15.4. The molecule has 0 aliphatic rings. The van der Waals surface area contributed by atoms with Crippen molar-refractivity contribution in [1.82, 2.24) is 0 Å². The predicted octanol–water partition coefficient (Wildman–Crippen LogP) is 3.76. The Morgan fingerprint density at radius 2 is 1.85 bits per heavy atom. The minimum Gasteiger partial charge on any atom is -0.493 e. The van der Waals surface area contributed by atoms with Gasteiger partial charge >= 0.3 is 0 Å². The molecule has 0 aliphatic carbocycles. The van der Waals surface area contributed by atoms with Gasteiger partial charge in [-0.2, -0.15) is 10.5 Å². The molecule has 2 aromatic rings. The number of methoxy groups -OCH3 is 1. The van der Waals surface area contributed by atoms with Gasteiger partial charge in [0.2, 0.25) is 0 Å². The van der Waals surface area contributed by atoms with Crippen LogP contribution in [0.25, 0.3) is 6.08 Å². The van der Waals surface area contributed by atoms with E-state index < -0.39 is 5.91 Å². The maximum absolute atomic E-state index is 12.5. The molecule has 27 heavy (non-hydrogen) atoms. The molecule has 2 aromatic carbocycles. The van der Waals surface area contributed by atoms with E-state index in [9.17, 15) is 10.1 Å². The standard InChI is InChI=1S/C21H19N3O3/c1-14-5-4-6-15(2)20(14)24-21(25)17(13-23)11-16-7-8-18(27-10-9-22)19(12-16)26-3/h4-8,11-12H,10H2,1-3H3,(H,24,25)/b17-11+. The molecule has 136 valence electrons. The fourth-order valence-corrected chi connectivity index (χ4v) is 2.51. The summed E-state index contributed by atoms with van der Waals surface area (Å²) in [6.07, 6.45) is 1.47. The van der Waals surface area contributed by atoms with E-state index in [-0.39, 0.29) is 12.2 Å². The average molecular weight is 361 g/mol. The predicted molar refractivity (Wildman–Crippen MR) is 102 cm³/mol. The van der Waals surface area contributed by atoms with Crippen molar-refractivity contribution in [2.75, 3.05) is 19.0 Å². The van der Waals surface area contributed by atoms with Gasteiger partial charge in [-0.25, -0.2) is 0 Å². The maximum Gasteiger partial charge on any atom is 0.266 e. The van der Waals surface area contributed by atoms with Crippen molar-refractivity contribution < 1.29 is 14.3 Å². The molecule has 0 spiro atoms. The summed E-state index contributed by atoms with van der Waals surface area (Å²) in [7, 11) is 1.47. The Bertz CT molecular complexity index is 945. The third kappa shape index (κ3) is 4.87. The third-order valence-electron chi connectivity index (χ3n) is 3.88. The van der Waals surface area contributed by atoms with Gasteiger partial charge in [0, 0.05) is 5.69 Å². The number of anilines is 1. The molecule has 1 N–H and O–H groups in total. The van der Waals surface area contributed by atoms with Crippen molar-refractivity contribution in [3.8, 4) is 23.6 Å². The highest BCUT2D eigenvalue weighted by Crippen LogP contribution is 2.29. The van der Waals surface area contributed by atoms with Gasteiger partial charge in [0.05, 0.1) is 7.11 Å². The number of nitrogens with zero attached hydrogens (tertiary/aromatic N) is 2. The smallest absolute Gasteiger partial charge is 0.266 e. The van der Waals surface area contributed by atoms with Gasteiger partial charge in [-0.1, -0.05) is 24.3 Å². The normalized spacial score (nSPS) is 10.5. The van der Waals surface area contributed by atoms with E-state index >= 15 is 0 Å². The zero-order valence-electron chi connectivity index (χ0n) is 15.4. The molecule has 0 saturated carbocycles. The summed E-state index contributed by atoms with van der Waals surface area (Å²) in [5, 5.41) is 20.8. The Morgan fingerprint density at radius 3 is 2.44 bits per heavy atom. The molecule has 0 aliphatic heterocycles. The number of rotatable bonds is 6. The first-order chi connectivity index (χ1) is 13.0. The first-order valence-corrected chi connectivity index (χ1v) is 8.17. The lowest BCUT2D eigenvalue weighted by Crippen LogP contribution is -2.15. The number of carbonyl (C=O) groups excluding carboxylic acids is 1. The lowest BCUT2D eigenvalue weighted by molar-refractivity contribution is -0.112. The third-order valence-corrected chi connectivity index (χ3v) is 3.88. The lowest BCUT2D eigenvalue weighted by atomic mass is 10.1. The number of nitriles is 2. The number of carbonyl (C=O) groups is 1. The average Bonchev–Trinajstić information content (AvgIpc) is 2.67. The first kappa shape index (κ1) is 19.6. The second kappa shape index (κ2) is 9.07. The second-order valence-electron chi connectivity index (χ2n) is 5.75. The number of nitrogens with one attached hydrogen (secondary N) is 1. The highest BCUT2D eigenvalue weighted by Gasteiger charge is 2.13. The number of aryl methyl sites for hydroxylation is 2. The van der Waals surface area contributed by atoms with E-state index in [2.05, 4.69) is 5.32 Å². The summed E-state index contributed by atoms with van der Waals surface area (Å²) in [5.74, 6) is 0.333. The van der Waals surface area contributed by atoms with Gasteiger partial charge in [-0.05, 0) is 48.7 Å². The fraction of sp³-hybridized carbons (Fsp3) is 0.190. The highest BCUT2D eigenvalue weighted by molar-refractivity contribution is 6.10. The second-order valence-corrected chi connectivity index (χ2v) is 5.75. The van der Waals surface area contributed by atoms with Gasteiger partial charge in [0.1, 0.15) is 17.7 Å². The van der Waals surface area contributed by atoms with E-state index in [4.69, 9.17) is 14.7 Å². The Hall–Kier alpha value is -3.77. The van der Waals surface area contributed by atoms with Crippen molar-refractivity contribution in [1.29, 1.82) is 10.5 Å². The minimum atomic E-state index is -0.487. The van der Waals surface area contributed by atoms with Gasteiger partial charge in [0.15, 0.2) is 18.1 Å². The molecule has 1 amide bonds. The molecule has 0 fully saturated rings. The van der Waals surface area contributed by atoms with Crippen LogP contribution in [-0.2, 0) is 4.79 Å². The van der Waals surface area contributed by atoms with E-state index in [0.717, 1.165) is 11.1 Å². The Labute approximate surface area is 158 Å². The van der Waals surface area contributed by atoms with Crippen LogP contribution < -0.4 is 14.8 Å². The van der Waals surface area contributed by atoms with E-state index in [1.807, 2.05) is 44.2 Å². The van der Waals surface area contributed by atoms with Crippen LogP contribution in [0, 0.1) is 36.5 Å². The van der Waals surface area contributed by atoms with Crippen LogP contribution in [0.5, 0.6) is 11.5 Å². The van der Waals surface area contributed by atoms with Crippen molar-refractivity contribution in [2.24, 2.45) is 0 Å². The van der Waals surface area contributed by atoms with Crippen LogP contribution in [0.1, 0.15) is 16.7 Å². The fourth-order valence-electron chi connectivity index (χ4n) is 2.51. The SMILES string of the molecule is COc1cc(/C=C(\C#N)C(=O)Nc2c(C)cccc2C)ccc1OCC#N. The van der Waals surface area contributed by atoms with Gasteiger partial charge in [-0.3, -0.25) is 4.79 Å². The van der Waals surface area contributed by atoms with Crippen molar-refractivity contribution in [3.63, 3.8) is 0 Å². The van der Waals surface area contributed by atoms with E-state index in [0.29, 0.717) is 22.7 Å².